The zero-order valence-corrected chi connectivity index (χ0v) is 18.2. The predicted octanol–water partition coefficient (Wildman–Crippen LogP) is 3.77. The number of amides is 1. The summed E-state index contributed by atoms with van der Waals surface area (Å²) in [6.45, 7) is 8.34. The predicted molar refractivity (Wildman–Crippen MR) is 120 cm³/mol. The molecule has 2 aromatic heterocycles. The van der Waals surface area contributed by atoms with Gasteiger partial charge in [-0.05, 0) is 43.4 Å². The van der Waals surface area contributed by atoms with E-state index in [9.17, 15) is 4.79 Å². The number of carbonyl (C=O) groups is 1. The maximum absolute atomic E-state index is 13.4. The van der Waals surface area contributed by atoms with Crippen LogP contribution in [-0.2, 0) is 4.74 Å². The van der Waals surface area contributed by atoms with Crippen LogP contribution in [-0.4, -0.2) is 60.2 Å². The van der Waals surface area contributed by atoms with E-state index in [1.807, 2.05) is 24.8 Å². The molecule has 0 radical (unpaired) electrons. The number of anilines is 1. The van der Waals surface area contributed by atoms with Crippen molar-refractivity contribution in [3.63, 3.8) is 0 Å². The van der Waals surface area contributed by atoms with E-state index >= 15 is 0 Å². The molecular formula is C23H26N4O2S. The lowest BCUT2D eigenvalue weighted by atomic mass is 9.94. The number of aromatic nitrogens is 2. The van der Waals surface area contributed by atoms with Gasteiger partial charge in [0.15, 0.2) is 0 Å². The van der Waals surface area contributed by atoms with Crippen molar-refractivity contribution >= 4 is 33.3 Å². The Bertz CT molecular complexity index is 1070. The third kappa shape index (κ3) is 3.56. The van der Waals surface area contributed by atoms with Crippen molar-refractivity contribution in [3.05, 3.63) is 52.2 Å². The van der Waals surface area contributed by atoms with Gasteiger partial charge in [-0.25, -0.2) is 9.97 Å². The molecule has 1 aromatic carbocycles. The van der Waals surface area contributed by atoms with E-state index in [0.29, 0.717) is 32.2 Å². The third-order valence-electron chi connectivity index (χ3n) is 5.98. The first-order valence-electron chi connectivity index (χ1n) is 10.6. The first-order valence-corrected chi connectivity index (χ1v) is 11.4. The average molecular weight is 423 g/mol. The van der Waals surface area contributed by atoms with Gasteiger partial charge in [-0.3, -0.25) is 4.79 Å². The van der Waals surface area contributed by atoms with Gasteiger partial charge >= 0.3 is 0 Å². The van der Waals surface area contributed by atoms with Gasteiger partial charge in [-0.1, -0.05) is 18.2 Å². The maximum atomic E-state index is 13.4. The molecule has 6 nitrogen and oxygen atoms in total. The molecule has 2 saturated heterocycles. The van der Waals surface area contributed by atoms with Crippen LogP contribution in [0.5, 0.6) is 0 Å². The molecule has 2 aliphatic rings. The summed E-state index contributed by atoms with van der Waals surface area (Å²) in [6, 6.07) is 10.4. The smallest absolute Gasteiger partial charge is 0.264 e. The summed E-state index contributed by atoms with van der Waals surface area (Å²) >= 11 is 1.63. The fraction of sp³-hybridized carbons (Fsp3) is 0.435. The Morgan fingerprint density at radius 3 is 2.60 bits per heavy atom. The number of hydrogen-bond donors (Lipinski definition) is 0. The lowest BCUT2D eigenvalue weighted by molar-refractivity contribution is 0.0305. The summed E-state index contributed by atoms with van der Waals surface area (Å²) < 4.78 is 6.63. The van der Waals surface area contributed by atoms with Gasteiger partial charge in [0.1, 0.15) is 0 Å². The van der Waals surface area contributed by atoms with Crippen LogP contribution in [0.25, 0.3) is 10.1 Å². The van der Waals surface area contributed by atoms with Crippen molar-refractivity contribution in [2.75, 3.05) is 44.3 Å². The van der Waals surface area contributed by atoms with Crippen LogP contribution in [0, 0.1) is 13.8 Å². The lowest BCUT2D eigenvalue weighted by Gasteiger charge is -2.27. The fourth-order valence-electron chi connectivity index (χ4n) is 4.57. The molecule has 2 fully saturated rings. The maximum Gasteiger partial charge on any atom is 0.264 e. The molecule has 30 heavy (non-hydrogen) atoms. The number of carbonyl (C=O) groups excluding carboxylic acids is 1. The summed E-state index contributed by atoms with van der Waals surface area (Å²) in [5, 5.41) is 1.22. The zero-order chi connectivity index (χ0) is 20.7. The molecule has 0 N–H and O–H groups in total. The van der Waals surface area contributed by atoms with Crippen LogP contribution >= 0.6 is 11.3 Å². The van der Waals surface area contributed by atoms with Crippen molar-refractivity contribution in [3.8, 4) is 0 Å². The van der Waals surface area contributed by atoms with Crippen LogP contribution in [0.4, 0.5) is 5.95 Å². The molecule has 7 heteroatoms. The highest BCUT2D eigenvalue weighted by molar-refractivity contribution is 7.21. The molecule has 1 atom stereocenters. The summed E-state index contributed by atoms with van der Waals surface area (Å²) in [4.78, 5) is 27.8. The second-order valence-corrected chi connectivity index (χ2v) is 9.18. The number of aryl methyl sites for hydroxylation is 2. The standard InChI is InChI=1S/C23H26N4O2S/c1-15-13-16(2)25-23(24-15)27-8-7-17(14-27)20-18-5-3-4-6-19(18)30-21(20)22(28)26-9-11-29-12-10-26/h3-6,13,17H,7-12,14H2,1-2H3. The van der Waals surface area contributed by atoms with Crippen LogP contribution in [0.15, 0.2) is 30.3 Å². The highest BCUT2D eigenvalue weighted by atomic mass is 32.1. The molecule has 5 rings (SSSR count). The normalized spacial score (nSPS) is 19.6. The Hall–Kier alpha value is -2.51. The number of rotatable bonds is 3. The van der Waals surface area contributed by atoms with Crippen molar-refractivity contribution in [1.82, 2.24) is 14.9 Å². The Morgan fingerprint density at radius 2 is 1.83 bits per heavy atom. The quantitative estimate of drug-likeness (QED) is 0.643. The molecule has 0 spiro atoms. The number of hydrogen-bond acceptors (Lipinski definition) is 6. The number of ether oxygens (including phenoxy) is 1. The molecule has 3 aromatic rings. The molecule has 4 heterocycles. The number of thiophene rings is 1. The molecule has 0 saturated carbocycles. The van der Waals surface area contributed by atoms with Gasteiger partial charge in [0.25, 0.3) is 5.91 Å². The van der Waals surface area contributed by atoms with Crippen molar-refractivity contribution in [2.24, 2.45) is 0 Å². The van der Waals surface area contributed by atoms with Crippen LogP contribution in [0.1, 0.15) is 39.0 Å². The minimum Gasteiger partial charge on any atom is -0.378 e. The first-order chi connectivity index (χ1) is 14.6. The van der Waals surface area contributed by atoms with E-state index in [1.54, 1.807) is 11.3 Å². The van der Waals surface area contributed by atoms with E-state index in [0.717, 1.165) is 41.7 Å². The van der Waals surface area contributed by atoms with Gasteiger partial charge in [0.2, 0.25) is 5.95 Å². The van der Waals surface area contributed by atoms with Crippen LogP contribution in [0.3, 0.4) is 0 Å². The zero-order valence-electron chi connectivity index (χ0n) is 17.4. The van der Waals surface area contributed by atoms with Crippen LogP contribution < -0.4 is 4.90 Å². The summed E-state index contributed by atoms with van der Waals surface area (Å²) in [7, 11) is 0. The molecule has 1 unspecified atom stereocenters. The van der Waals surface area contributed by atoms with Gasteiger partial charge in [0.05, 0.1) is 18.1 Å². The number of fused-ring (bicyclic) bond motifs is 1. The van der Waals surface area contributed by atoms with E-state index in [4.69, 9.17) is 4.74 Å². The monoisotopic (exact) mass is 422 g/mol. The number of morpholine rings is 1. The Balaban J connectivity index is 1.49. The average Bonchev–Trinajstić information content (AvgIpc) is 3.38. The molecule has 0 aliphatic carbocycles. The number of nitrogens with zero attached hydrogens (tertiary/aromatic N) is 4. The van der Waals surface area contributed by atoms with Crippen molar-refractivity contribution < 1.29 is 9.53 Å². The molecule has 156 valence electrons. The summed E-state index contributed by atoms with van der Waals surface area (Å²) in [5.41, 5.74) is 3.19. The van der Waals surface area contributed by atoms with Gasteiger partial charge in [-0.15, -0.1) is 11.3 Å². The second-order valence-electron chi connectivity index (χ2n) is 8.13. The van der Waals surface area contributed by atoms with Gasteiger partial charge in [0, 0.05) is 48.2 Å². The fourth-order valence-corrected chi connectivity index (χ4v) is 5.82. The molecule has 2 aliphatic heterocycles. The van der Waals surface area contributed by atoms with Crippen molar-refractivity contribution in [1.29, 1.82) is 0 Å². The van der Waals surface area contributed by atoms with E-state index in [-0.39, 0.29) is 5.91 Å². The second kappa shape index (κ2) is 7.96. The Labute approximate surface area is 180 Å². The highest BCUT2D eigenvalue weighted by Gasteiger charge is 2.33. The third-order valence-corrected chi connectivity index (χ3v) is 7.15. The summed E-state index contributed by atoms with van der Waals surface area (Å²) in [5.74, 6) is 1.25. The number of benzene rings is 1. The topological polar surface area (TPSA) is 58.6 Å². The summed E-state index contributed by atoms with van der Waals surface area (Å²) in [6.07, 6.45) is 1.00. The van der Waals surface area contributed by atoms with Crippen molar-refractivity contribution in [2.45, 2.75) is 26.2 Å². The SMILES string of the molecule is Cc1cc(C)nc(N2CCC(c3c(C(=O)N4CCOCC4)sc4ccccc34)C2)n1. The molecular weight excluding hydrogens is 396 g/mol. The van der Waals surface area contributed by atoms with E-state index in [1.165, 1.54) is 15.6 Å². The molecule has 1 amide bonds. The minimum absolute atomic E-state index is 0.149. The Kier molecular flexibility index (Phi) is 5.16. The Morgan fingerprint density at radius 1 is 1.10 bits per heavy atom. The van der Waals surface area contributed by atoms with Gasteiger partial charge < -0.3 is 14.5 Å². The highest BCUT2D eigenvalue weighted by Crippen LogP contribution is 2.41. The van der Waals surface area contributed by atoms with Crippen LogP contribution in [0.2, 0.25) is 0 Å². The van der Waals surface area contributed by atoms with E-state index < -0.39 is 0 Å². The largest absolute Gasteiger partial charge is 0.378 e. The van der Waals surface area contributed by atoms with Gasteiger partial charge in [-0.2, -0.15) is 0 Å². The minimum atomic E-state index is 0.149. The lowest BCUT2D eigenvalue weighted by Crippen LogP contribution is -2.40. The van der Waals surface area contributed by atoms with E-state index in [2.05, 4.69) is 39.1 Å². The first kappa shape index (κ1) is 19.5. The molecule has 0 bridgehead atoms.